The van der Waals surface area contributed by atoms with Gasteiger partial charge in [-0.2, -0.15) is 0 Å². The van der Waals surface area contributed by atoms with E-state index in [9.17, 15) is 4.79 Å². The summed E-state index contributed by atoms with van der Waals surface area (Å²) in [5, 5.41) is 0. The predicted molar refractivity (Wildman–Crippen MR) is 94.1 cm³/mol. The van der Waals surface area contributed by atoms with E-state index in [0.717, 1.165) is 5.56 Å². The molecule has 0 spiro atoms. The molecule has 0 saturated heterocycles. The molecule has 2 aromatic rings. The lowest BCUT2D eigenvalue weighted by molar-refractivity contribution is -0.0566. The Balaban J connectivity index is 2.05. The first-order valence-electron chi connectivity index (χ1n) is 7.66. The van der Waals surface area contributed by atoms with E-state index in [1.807, 2.05) is 44.2 Å². The highest BCUT2D eigenvalue weighted by Gasteiger charge is 2.33. The van der Waals surface area contributed by atoms with Gasteiger partial charge in [0.2, 0.25) is 5.75 Å². The van der Waals surface area contributed by atoms with Crippen LogP contribution in [0.2, 0.25) is 0 Å². The molecule has 0 radical (unpaired) electrons. The fourth-order valence-corrected chi connectivity index (χ4v) is 2.83. The molecule has 2 N–H and O–H groups in total. The molecule has 24 heavy (non-hydrogen) atoms. The van der Waals surface area contributed by atoms with Gasteiger partial charge in [0.05, 0.1) is 13.2 Å². The number of nitrogens with zero attached hydrogens (tertiary/aromatic N) is 2. The van der Waals surface area contributed by atoms with Crippen molar-refractivity contribution in [1.82, 2.24) is 9.55 Å². The lowest BCUT2D eigenvalue weighted by atomic mass is 10.1. The smallest absolute Gasteiger partial charge is 0.296 e. The molecule has 1 aromatic carbocycles. The number of rotatable bonds is 4. The average Bonchev–Trinajstić information content (AvgIpc) is 2.55. The van der Waals surface area contributed by atoms with Crippen molar-refractivity contribution in [2.75, 3.05) is 6.61 Å². The number of aromatic nitrogens is 2. The third kappa shape index (κ3) is 3.05. The molecule has 0 aliphatic carbocycles. The summed E-state index contributed by atoms with van der Waals surface area (Å²) < 4.78 is 13.0. The number of hydrogen-bond donors (Lipinski definition) is 1. The van der Waals surface area contributed by atoms with Gasteiger partial charge in [0.25, 0.3) is 5.56 Å². The van der Waals surface area contributed by atoms with Crippen molar-refractivity contribution < 1.29 is 9.47 Å². The molecule has 126 valence electrons. The molecule has 2 heterocycles. The minimum atomic E-state index is -0.686. The third-order valence-corrected chi connectivity index (χ3v) is 4.10. The predicted octanol–water partition coefficient (Wildman–Crippen LogP) is 1.72. The summed E-state index contributed by atoms with van der Waals surface area (Å²) in [7, 11) is 0. The van der Waals surface area contributed by atoms with Crippen LogP contribution in [0.5, 0.6) is 5.75 Å². The SMILES string of the molecule is CC1(C)OCCn2c1nc(C(N)=S)c(OCc1ccccc1)c2=O. The van der Waals surface area contributed by atoms with Gasteiger partial charge < -0.3 is 15.2 Å². The molecular weight excluding hydrogens is 326 g/mol. The molecule has 1 aliphatic heterocycles. The lowest BCUT2D eigenvalue weighted by Crippen LogP contribution is -2.42. The highest BCUT2D eigenvalue weighted by molar-refractivity contribution is 7.80. The molecule has 0 unspecified atom stereocenters. The maximum absolute atomic E-state index is 12.9. The second kappa shape index (κ2) is 6.33. The minimum absolute atomic E-state index is 0.0277. The van der Waals surface area contributed by atoms with Crippen LogP contribution in [-0.2, 0) is 23.5 Å². The van der Waals surface area contributed by atoms with Gasteiger partial charge in [-0.3, -0.25) is 9.36 Å². The summed E-state index contributed by atoms with van der Waals surface area (Å²) in [6.07, 6.45) is 0. The molecular formula is C17H19N3O3S. The molecule has 0 bridgehead atoms. The number of fused-ring (bicyclic) bond motifs is 1. The summed E-state index contributed by atoms with van der Waals surface area (Å²) >= 11 is 5.07. The first-order valence-corrected chi connectivity index (χ1v) is 8.07. The Labute approximate surface area is 145 Å². The van der Waals surface area contributed by atoms with Crippen LogP contribution in [0.25, 0.3) is 0 Å². The van der Waals surface area contributed by atoms with Crippen LogP contribution in [0.4, 0.5) is 0 Å². The van der Waals surface area contributed by atoms with Crippen LogP contribution in [0.15, 0.2) is 35.1 Å². The molecule has 1 aromatic heterocycles. The van der Waals surface area contributed by atoms with Crippen molar-refractivity contribution in [3.8, 4) is 5.75 Å². The van der Waals surface area contributed by atoms with Gasteiger partial charge >= 0.3 is 0 Å². The van der Waals surface area contributed by atoms with Gasteiger partial charge in [0, 0.05) is 0 Å². The standard InChI is InChI=1S/C17H19N3O3S/c1-17(2)16-19-12(14(18)24)13(15(21)20(16)8-9-23-17)22-10-11-6-4-3-5-7-11/h3-7H,8-10H2,1-2H3,(H2,18,24). The van der Waals surface area contributed by atoms with E-state index in [2.05, 4.69) is 4.98 Å². The summed E-state index contributed by atoms with van der Waals surface area (Å²) in [4.78, 5) is 17.4. The normalized spacial score (nSPS) is 15.6. The van der Waals surface area contributed by atoms with Crippen molar-refractivity contribution in [3.05, 3.63) is 57.8 Å². The van der Waals surface area contributed by atoms with E-state index in [4.69, 9.17) is 27.4 Å². The second-order valence-electron chi connectivity index (χ2n) is 6.07. The zero-order valence-corrected chi connectivity index (χ0v) is 14.4. The summed E-state index contributed by atoms with van der Waals surface area (Å²) in [6.45, 7) is 4.82. The number of thiocarbonyl (C=S) groups is 1. The van der Waals surface area contributed by atoms with E-state index >= 15 is 0 Å². The van der Waals surface area contributed by atoms with Crippen molar-refractivity contribution in [2.24, 2.45) is 5.73 Å². The Bertz CT molecular complexity index is 831. The molecule has 0 amide bonds. The van der Waals surface area contributed by atoms with Crippen molar-refractivity contribution >= 4 is 17.2 Å². The van der Waals surface area contributed by atoms with Gasteiger partial charge in [-0.25, -0.2) is 4.98 Å². The number of nitrogens with two attached hydrogens (primary N) is 1. The van der Waals surface area contributed by atoms with Gasteiger partial charge in [-0.05, 0) is 19.4 Å². The largest absolute Gasteiger partial charge is 0.481 e. The third-order valence-electron chi connectivity index (χ3n) is 3.90. The van der Waals surface area contributed by atoms with E-state index in [0.29, 0.717) is 19.0 Å². The first-order chi connectivity index (χ1) is 11.4. The van der Waals surface area contributed by atoms with E-state index in [1.54, 1.807) is 4.57 Å². The second-order valence-corrected chi connectivity index (χ2v) is 6.51. The van der Waals surface area contributed by atoms with E-state index < -0.39 is 5.60 Å². The molecule has 3 rings (SSSR count). The molecule has 6 nitrogen and oxygen atoms in total. The van der Waals surface area contributed by atoms with Crippen LogP contribution in [0, 0.1) is 0 Å². The fourth-order valence-electron chi connectivity index (χ4n) is 2.69. The van der Waals surface area contributed by atoms with Crippen LogP contribution in [0.3, 0.4) is 0 Å². The monoisotopic (exact) mass is 345 g/mol. The summed E-state index contributed by atoms with van der Waals surface area (Å²) in [6, 6.07) is 9.57. The zero-order valence-electron chi connectivity index (χ0n) is 13.6. The Hall–Kier alpha value is -2.25. The molecule has 1 aliphatic rings. The minimum Gasteiger partial charge on any atom is -0.481 e. The molecule has 0 fully saturated rings. The van der Waals surface area contributed by atoms with Crippen LogP contribution >= 0.6 is 12.2 Å². The number of benzene rings is 1. The van der Waals surface area contributed by atoms with Crippen molar-refractivity contribution in [3.63, 3.8) is 0 Å². The van der Waals surface area contributed by atoms with E-state index in [1.165, 1.54) is 0 Å². The van der Waals surface area contributed by atoms with E-state index in [-0.39, 0.29) is 28.6 Å². The van der Waals surface area contributed by atoms with Gasteiger partial charge in [-0.15, -0.1) is 0 Å². The summed E-state index contributed by atoms with van der Waals surface area (Å²) in [5.74, 6) is 0.599. The molecule has 7 heteroatoms. The van der Waals surface area contributed by atoms with Crippen LogP contribution < -0.4 is 16.0 Å². The Kier molecular flexibility index (Phi) is 4.38. The quantitative estimate of drug-likeness (QED) is 0.850. The highest BCUT2D eigenvalue weighted by atomic mass is 32.1. The van der Waals surface area contributed by atoms with Gasteiger partial charge in [0.15, 0.2) is 0 Å². The Morgan fingerprint density at radius 2 is 2.12 bits per heavy atom. The van der Waals surface area contributed by atoms with Crippen LogP contribution in [0.1, 0.15) is 30.9 Å². The lowest BCUT2D eigenvalue weighted by Gasteiger charge is -2.33. The average molecular weight is 345 g/mol. The summed E-state index contributed by atoms with van der Waals surface area (Å²) in [5.41, 5.74) is 5.95. The molecule has 0 atom stereocenters. The van der Waals surface area contributed by atoms with Gasteiger partial charge in [0.1, 0.15) is 28.7 Å². The Morgan fingerprint density at radius 3 is 2.79 bits per heavy atom. The molecule has 0 saturated carbocycles. The van der Waals surface area contributed by atoms with Gasteiger partial charge in [-0.1, -0.05) is 42.5 Å². The maximum Gasteiger partial charge on any atom is 0.296 e. The topological polar surface area (TPSA) is 79.4 Å². The fraction of sp³-hybridized carbons (Fsp3) is 0.353. The first kappa shape index (κ1) is 16.6. The maximum atomic E-state index is 12.9. The van der Waals surface area contributed by atoms with Crippen LogP contribution in [-0.4, -0.2) is 21.1 Å². The Morgan fingerprint density at radius 1 is 1.42 bits per heavy atom. The van der Waals surface area contributed by atoms with Crippen molar-refractivity contribution in [2.45, 2.75) is 32.6 Å². The number of hydrogen-bond acceptors (Lipinski definition) is 5. The zero-order chi connectivity index (χ0) is 17.3. The van der Waals surface area contributed by atoms with Crippen molar-refractivity contribution in [1.29, 1.82) is 0 Å². The highest BCUT2D eigenvalue weighted by Crippen LogP contribution is 2.27. The number of ether oxygens (including phenoxy) is 2.